The standard InChI is InChI=1S/C17H23N3OS.2ClH/c1-13-4-2-5-14(8-13)16-20-15(10-22-16)9-19-12-17(21)6-3-7-18-11-17;;/h2,4-5,8,10,18-19,21H,3,6-7,9,11-12H2,1H3;2*1H. The molecule has 0 saturated carbocycles. The molecule has 0 bridgehead atoms. The van der Waals surface area contributed by atoms with Crippen LogP contribution in [-0.4, -0.2) is 35.3 Å². The molecule has 0 spiro atoms. The van der Waals surface area contributed by atoms with Gasteiger partial charge in [-0.25, -0.2) is 4.98 Å². The number of β-amino-alcohol motifs (C(OH)–C–C–N with tert-alkyl or cyclic N) is 1. The highest BCUT2D eigenvalue weighted by atomic mass is 35.5. The molecule has 1 aliphatic heterocycles. The van der Waals surface area contributed by atoms with E-state index >= 15 is 0 Å². The number of aliphatic hydroxyl groups is 1. The van der Waals surface area contributed by atoms with Gasteiger partial charge in [0.2, 0.25) is 0 Å². The van der Waals surface area contributed by atoms with Crippen LogP contribution in [0.25, 0.3) is 10.6 Å². The second-order valence-corrected chi connectivity index (χ2v) is 6.98. The molecule has 4 nitrogen and oxygen atoms in total. The molecule has 0 aliphatic carbocycles. The number of hydrogen-bond acceptors (Lipinski definition) is 5. The summed E-state index contributed by atoms with van der Waals surface area (Å²) in [4.78, 5) is 4.69. The Morgan fingerprint density at radius 1 is 1.38 bits per heavy atom. The van der Waals surface area contributed by atoms with Crippen LogP contribution >= 0.6 is 36.2 Å². The minimum absolute atomic E-state index is 0. The SMILES string of the molecule is Cc1cccc(-c2nc(CNCC3(O)CCCNC3)cs2)c1.Cl.Cl. The molecule has 1 aromatic carbocycles. The molecule has 1 unspecified atom stereocenters. The fourth-order valence-electron chi connectivity index (χ4n) is 2.82. The van der Waals surface area contributed by atoms with Gasteiger partial charge in [0.15, 0.2) is 0 Å². The number of thiazole rings is 1. The lowest BCUT2D eigenvalue weighted by molar-refractivity contribution is 0.0168. The minimum atomic E-state index is -0.617. The summed E-state index contributed by atoms with van der Waals surface area (Å²) in [5, 5.41) is 20.2. The monoisotopic (exact) mass is 389 g/mol. The molecule has 7 heteroatoms. The molecule has 3 N–H and O–H groups in total. The van der Waals surface area contributed by atoms with Crippen LogP contribution in [0.4, 0.5) is 0 Å². The maximum atomic E-state index is 10.4. The number of aromatic nitrogens is 1. The Kier molecular flexibility index (Phi) is 8.63. The average molecular weight is 390 g/mol. The highest BCUT2D eigenvalue weighted by Crippen LogP contribution is 2.24. The Bertz CT molecular complexity index is 630. The van der Waals surface area contributed by atoms with Crippen LogP contribution in [0.15, 0.2) is 29.6 Å². The van der Waals surface area contributed by atoms with Crippen molar-refractivity contribution in [2.24, 2.45) is 0 Å². The van der Waals surface area contributed by atoms with Crippen molar-refractivity contribution in [1.82, 2.24) is 15.6 Å². The van der Waals surface area contributed by atoms with Crippen LogP contribution in [-0.2, 0) is 6.54 Å². The van der Waals surface area contributed by atoms with Crippen molar-refractivity contribution >= 4 is 36.2 Å². The van der Waals surface area contributed by atoms with Gasteiger partial charge in [-0.3, -0.25) is 0 Å². The summed E-state index contributed by atoms with van der Waals surface area (Å²) >= 11 is 1.67. The Balaban J connectivity index is 0.00000144. The van der Waals surface area contributed by atoms with E-state index in [0.717, 1.165) is 30.1 Å². The van der Waals surface area contributed by atoms with Crippen LogP contribution in [0.1, 0.15) is 24.1 Å². The summed E-state index contributed by atoms with van der Waals surface area (Å²) in [6, 6.07) is 8.42. The second-order valence-electron chi connectivity index (χ2n) is 6.12. The van der Waals surface area contributed by atoms with Gasteiger partial charge in [0.05, 0.1) is 11.3 Å². The molecule has 3 rings (SSSR count). The lowest BCUT2D eigenvalue weighted by atomic mass is 9.94. The highest BCUT2D eigenvalue weighted by molar-refractivity contribution is 7.13. The van der Waals surface area contributed by atoms with E-state index in [1.54, 1.807) is 11.3 Å². The Morgan fingerprint density at radius 3 is 2.92 bits per heavy atom. The summed E-state index contributed by atoms with van der Waals surface area (Å²) in [5.41, 5.74) is 2.84. The third kappa shape index (κ3) is 5.69. The molecular weight excluding hydrogens is 365 g/mol. The smallest absolute Gasteiger partial charge is 0.123 e. The van der Waals surface area contributed by atoms with E-state index in [0.29, 0.717) is 19.6 Å². The lowest BCUT2D eigenvalue weighted by Gasteiger charge is -2.32. The van der Waals surface area contributed by atoms with Gasteiger partial charge in [-0.05, 0) is 32.4 Å². The van der Waals surface area contributed by atoms with E-state index in [9.17, 15) is 5.11 Å². The summed E-state index contributed by atoms with van der Waals surface area (Å²) in [6.07, 6.45) is 1.89. The highest BCUT2D eigenvalue weighted by Gasteiger charge is 2.28. The van der Waals surface area contributed by atoms with Gasteiger partial charge >= 0.3 is 0 Å². The third-order valence-corrected chi connectivity index (χ3v) is 4.97. The summed E-state index contributed by atoms with van der Waals surface area (Å²) < 4.78 is 0. The molecule has 24 heavy (non-hydrogen) atoms. The topological polar surface area (TPSA) is 57.2 Å². The van der Waals surface area contributed by atoms with Crippen LogP contribution in [0, 0.1) is 6.92 Å². The van der Waals surface area contributed by atoms with Crippen LogP contribution in [0.3, 0.4) is 0 Å². The van der Waals surface area contributed by atoms with Gasteiger partial charge in [0, 0.05) is 30.6 Å². The predicted octanol–water partition coefficient (Wildman–Crippen LogP) is 3.17. The van der Waals surface area contributed by atoms with Gasteiger partial charge in [-0.2, -0.15) is 0 Å². The molecular formula is C17H25Cl2N3OS. The third-order valence-electron chi connectivity index (χ3n) is 4.03. The van der Waals surface area contributed by atoms with Gasteiger partial charge in [-0.1, -0.05) is 23.8 Å². The van der Waals surface area contributed by atoms with Gasteiger partial charge in [-0.15, -0.1) is 36.2 Å². The van der Waals surface area contributed by atoms with Crippen LogP contribution in [0.5, 0.6) is 0 Å². The zero-order valence-electron chi connectivity index (χ0n) is 13.7. The minimum Gasteiger partial charge on any atom is -0.387 e. The van der Waals surface area contributed by atoms with Crippen molar-refractivity contribution in [2.75, 3.05) is 19.6 Å². The van der Waals surface area contributed by atoms with Crippen molar-refractivity contribution in [3.05, 3.63) is 40.9 Å². The molecule has 1 atom stereocenters. The quantitative estimate of drug-likeness (QED) is 0.734. The number of halogens is 2. The number of nitrogens with one attached hydrogen (secondary N) is 2. The van der Waals surface area contributed by atoms with E-state index in [2.05, 4.69) is 52.2 Å². The normalized spacial score (nSPS) is 20.1. The van der Waals surface area contributed by atoms with E-state index in [1.807, 2.05) is 0 Å². The maximum Gasteiger partial charge on any atom is 0.123 e. The zero-order chi connectivity index (χ0) is 15.4. The van der Waals surface area contributed by atoms with Gasteiger partial charge in [0.25, 0.3) is 0 Å². The summed E-state index contributed by atoms with van der Waals surface area (Å²) in [7, 11) is 0. The van der Waals surface area contributed by atoms with Crippen molar-refractivity contribution in [2.45, 2.75) is 31.9 Å². The molecule has 1 aliphatic rings. The number of piperidine rings is 1. The molecule has 134 valence electrons. The first-order valence-corrected chi connectivity index (χ1v) is 8.68. The molecule has 2 aromatic rings. The Morgan fingerprint density at radius 2 is 2.21 bits per heavy atom. The van der Waals surface area contributed by atoms with Crippen LogP contribution < -0.4 is 10.6 Å². The number of rotatable bonds is 5. The van der Waals surface area contributed by atoms with Crippen molar-refractivity contribution in [1.29, 1.82) is 0 Å². The number of hydrogen-bond donors (Lipinski definition) is 3. The van der Waals surface area contributed by atoms with Gasteiger partial charge < -0.3 is 15.7 Å². The first kappa shape index (κ1) is 21.4. The molecule has 2 heterocycles. The van der Waals surface area contributed by atoms with E-state index in [4.69, 9.17) is 0 Å². The Labute approximate surface area is 159 Å². The summed E-state index contributed by atoms with van der Waals surface area (Å²) in [5.74, 6) is 0. The molecule has 1 fully saturated rings. The number of aryl methyl sites for hydroxylation is 1. The number of benzene rings is 1. The van der Waals surface area contributed by atoms with Crippen LogP contribution in [0.2, 0.25) is 0 Å². The summed E-state index contributed by atoms with van der Waals surface area (Å²) in [6.45, 7) is 5.08. The Hall–Kier alpha value is -0.690. The van der Waals surface area contributed by atoms with E-state index in [-0.39, 0.29) is 24.8 Å². The van der Waals surface area contributed by atoms with E-state index in [1.165, 1.54) is 11.1 Å². The lowest BCUT2D eigenvalue weighted by Crippen LogP contribution is -2.51. The zero-order valence-corrected chi connectivity index (χ0v) is 16.2. The largest absolute Gasteiger partial charge is 0.387 e. The van der Waals surface area contributed by atoms with Crippen molar-refractivity contribution < 1.29 is 5.11 Å². The van der Waals surface area contributed by atoms with Gasteiger partial charge in [0.1, 0.15) is 5.01 Å². The predicted molar refractivity (Wildman–Crippen MR) is 106 cm³/mol. The first-order chi connectivity index (χ1) is 10.6. The van der Waals surface area contributed by atoms with Crippen molar-refractivity contribution in [3.8, 4) is 10.6 Å². The average Bonchev–Trinajstić information content (AvgIpc) is 2.97. The fraction of sp³-hybridized carbons (Fsp3) is 0.471. The maximum absolute atomic E-state index is 10.4. The van der Waals surface area contributed by atoms with Crippen molar-refractivity contribution in [3.63, 3.8) is 0 Å². The molecule has 1 saturated heterocycles. The molecule has 0 amide bonds. The second kappa shape index (κ2) is 9.70. The first-order valence-electron chi connectivity index (χ1n) is 7.80. The number of nitrogens with zero attached hydrogens (tertiary/aromatic N) is 1. The molecule has 0 radical (unpaired) electrons. The van der Waals surface area contributed by atoms with E-state index < -0.39 is 5.60 Å². The fourth-order valence-corrected chi connectivity index (χ4v) is 3.64. The molecule has 1 aromatic heterocycles.